The quantitative estimate of drug-likeness (QED) is 0.351. The second kappa shape index (κ2) is 8.21. The molecule has 1 heterocycles. The molecule has 4 nitrogen and oxygen atoms in total. The molecule has 0 bridgehead atoms. The third-order valence-electron chi connectivity index (χ3n) is 5.36. The zero-order chi connectivity index (χ0) is 20.5. The lowest BCUT2D eigenvalue weighted by molar-refractivity contribution is 0.0155. The zero-order valence-electron chi connectivity index (χ0n) is 15.9. The molecule has 0 N–H and O–H groups in total. The number of carbonyl (C=O) groups excluding carboxylic acids is 1. The Morgan fingerprint density at radius 1 is 1.10 bits per heavy atom. The third kappa shape index (κ3) is 4.19. The van der Waals surface area contributed by atoms with Gasteiger partial charge in [0, 0.05) is 10.9 Å². The number of ether oxygens (including phenoxy) is 1. The number of rotatable bonds is 3. The van der Waals surface area contributed by atoms with Gasteiger partial charge in [0.25, 0.3) is 0 Å². The molecule has 1 aromatic heterocycles. The molecule has 3 aromatic rings. The van der Waals surface area contributed by atoms with Crippen molar-refractivity contribution in [2.45, 2.75) is 38.7 Å². The van der Waals surface area contributed by atoms with Crippen LogP contribution in [-0.4, -0.2) is 12.1 Å². The van der Waals surface area contributed by atoms with Gasteiger partial charge in [0.2, 0.25) is 0 Å². The SMILES string of the molecule is C[C@H]1CCC[C@@H](OC(=O)c2cc(Cl)c(Cl)c(-c3cc4ccccc4oc3=O)c2)C1. The van der Waals surface area contributed by atoms with Crippen LogP contribution in [0.1, 0.15) is 43.0 Å². The molecule has 0 spiro atoms. The van der Waals surface area contributed by atoms with Crippen molar-refractivity contribution < 1.29 is 13.9 Å². The van der Waals surface area contributed by atoms with Gasteiger partial charge in [-0.15, -0.1) is 0 Å². The Hall–Kier alpha value is -2.30. The fourth-order valence-corrected chi connectivity index (χ4v) is 4.29. The lowest BCUT2D eigenvalue weighted by Gasteiger charge is -2.26. The molecular weight excluding hydrogens is 411 g/mol. The molecule has 0 radical (unpaired) electrons. The predicted molar refractivity (Wildman–Crippen MR) is 115 cm³/mol. The van der Waals surface area contributed by atoms with Crippen LogP contribution in [0.15, 0.2) is 51.7 Å². The normalized spacial score (nSPS) is 19.3. The summed E-state index contributed by atoms with van der Waals surface area (Å²) in [5, 5.41) is 1.12. The molecule has 2 atom stereocenters. The Labute approximate surface area is 178 Å². The van der Waals surface area contributed by atoms with Crippen molar-refractivity contribution >= 4 is 40.1 Å². The predicted octanol–water partition coefficient (Wildman–Crippen LogP) is 6.50. The first-order valence-electron chi connectivity index (χ1n) is 9.65. The maximum atomic E-state index is 12.7. The smallest absolute Gasteiger partial charge is 0.344 e. The van der Waals surface area contributed by atoms with Gasteiger partial charge in [-0.2, -0.15) is 0 Å². The highest BCUT2D eigenvalue weighted by atomic mass is 35.5. The van der Waals surface area contributed by atoms with Gasteiger partial charge in [-0.3, -0.25) is 0 Å². The van der Waals surface area contributed by atoms with E-state index < -0.39 is 11.6 Å². The Balaban J connectivity index is 1.72. The summed E-state index contributed by atoms with van der Waals surface area (Å²) in [4.78, 5) is 25.3. The van der Waals surface area contributed by atoms with Crippen molar-refractivity contribution in [3.05, 3.63) is 68.5 Å². The minimum Gasteiger partial charge on any atom is -0.459 e. The van der Waals surface area contributed by atoms with E-state index in [1.165, 1.54) is 6.07 Å². The zero-order valence-corrected chi connectivity index (χ0v) is 17.4. The summed E-state index contributed by atoms with van der Waals surface area (Å²) in [6.45, 7) is 2.16. The number of esters is 1. The molecule has 1 saturated carbocycles. The number of fused-ring (bicyclic) bond motifs is 1. The molecule has 2 aromatic carbocycles. The first-order chi connectivity index (χ1) is 13.9. The van der Waals surface area contributed by atoms with Crippen molar-refractivity contribution in [3.63, 3.8) is 0 Å². The highest BCUT2D eigenvalue weighted by Crippen LogP contribution is 2.35. The minimum absolute atomic E-state index is 0.102. The minimum atomic E-state index is -0.548. The van der Waals surface area contributed by atoms with Crippen LogP contribution in [0.5, 0.6) is 0 Å². The average Bonchev–Trinajstić information content (AvgIpc) is 2.69. The molecule has 0 saturated heterocycles. The van der Waals surface area contributed by atoms with E-state index in [0.29, 0.717) is 17.1 Å². The summed E-state index contributed by atoms with van der Waals surface area (Å²) in [5.41, 5.74) is 0.790. The summed E-state index contributed by atoms with van der Waals surface area (Å²) in [6.07, 6.45) is 3.81. The van der Waals surface area contributed by atoms with Gasteiger partial charge in [0.05, 0.1) is 21.2 Å². The lowest BCUT2D eigenvalue weighted by atomic mass is 9.89. The van der Waals surface area contributed by atoms with E-state index in [1.54, 1.807) is 24.3 Å². The summed E-state index contributed by atoms with van der Waals surface area (Å²) < 4.78 is 11.1. The molecule has 1 aliphatic carbocycles. The van der Waals surface area contributed by atoms with E-state index in [2.05, 4.69) is 6.92 Å². The van der Waals surface area contributed by atoms with Crippen LogP contribution in [0.4, 0.5) is 0 Å². The van der Waals surface area contributed by atoms with E-state index in [-0.39, 0.29) is 27.3 Å². The van der Waals surface area contributed by atoms with E-state index in [1.807, 2.05) is 12.1 Å². The van der Waals surface area contributed by atoms with Crippen molar-refractivity contribution in [2.75, 3.05) is 0 Å². The summed E-state index contributed by atoms with van der Waals surface area (Å²) in [6, 6.07) is 11.9. The fourth-order valence-electron chi connectivity index (χ4n) is 3.86. The molecular formula is C23H20Cl2O4. The molecule has 6 heteroatoms. The van der Waals surface area contributed by atoms with Crippen LogP contribution in [-0.2, 0) is 4.74 Å². The van der Waals surface area contributed by atoms with Crippen LogP contribution in [0, 0.1) is 5.92 Å². The first kappa shape index (κ1) is 20.0. The molecule has 4 rings (SSSR count). The standard InChI is InChI=1S/C23H20Cl2O4/c1-13-5-4-7-16(9-13)28-22(26)15-11-17(21(25)19(24)12-15)18-10-14-6-2-3-8-20(14)29-23(18)27/h2-3,6,8,10-13,16H,4-5,7,9H2,1H3/t13-,16+/m0/s1. The molecule has 1 fully saturated rings. The van der Waals surface area contributed by atoms with E-state index >= 15 is 0 Å². The van der Waals surface area contributed by atoms with Gasteiger partial charge in [0.1, 0.15) is 11.7 Å². The Kier molecular flexibility index (Phi) is 5.66. The van der Waals surface area contributed by atoms with Gasteiger partial charge in [-0.25, -0.2) is 9.59 Å². The highest BCUT2D eigenvalue weighted by molar-refractivity contribution is 6.44. The maximum Gasteiger partial charge on any atom is 0.344 e. The molecule has 0 aliphatic heterocycles. The van der Waals surface area contributed by atoms with Crippen LogP contribution >= 0.6 is 23.2 Å². The number of para-hydroxylation sites is 1. The number of hydrogen-bond donors (Lipinski definition) is 0. The topological polar surface area (TPSA) is 56.5 Å². The van der Waals surface area contributed by atoms with Crippen LogP contribution in [0.3, 0.4) is 0 Å². The number of benzene rings is 2. The third-order valence-corrected chi connectivity index (χ3v) is 6.16. The van der Waals surface area contributed by atoms with Crippen molar-refractivity contribution in [1.82, 2.24) is 0 Å². The number of carbonyl (C=O) groups is 1. The monoisotopic (exact) mass is 430 g/mol. The van der Waals surface area contributed by atoms with Crippen molar-refractivity contribution in [1.29, 1.82) is 0 Å². The largest absolute Gasteiger partial charge is 0.459 e. The highest BCUT2D eigenvalue weighted by Gasteiger charge is 2.24. The van der Waals surface area contributed by atoms with Crippen LogP contribution in [0.25, 0.3) is 22.1 Å². The molecule has 29 heavy (non-hydrogen) atoms. The Morgan fingerprint density at radius 3 is 2.69 bits per heavy atom. The Morgan fingerprint density at radius 2 is 1.90 bits per heavy atom. The summed E-state index contributed by atoms with van der Waals surface area (Å²) in [7, 11) is 0. The number of hydrogen-bond acceptors (Lipinski definition) is 4. The average molecular weight is 431 g/mol. The van der Waals surface area contributed by atoms with Crippen LogP contribution in [0.2, 0.25) is 10.0 Å². The first-order valence-corrected chi connectivity index (χ1v) is 10.4. The van der Waals surface area contributed by atoms with E-state index in [0.717, 1.165) is 31.1 Å². The molecule has 1 aliphatic rings. The second-order valence-electron chi connectivity index (χ2n) is 7.60. The van der Waals surface area contributed by atoms with E-state index in [4.69, 9.17) is 32.4 Å². The maximum absolute atomic E-state index is 12.7. The summed E-state index contributed by atoms with van der Waals surface area (Å²) >= 11 is 12.7. The van der Waals surface area contributed by atoms with Gasteiger partial charge in [-0.1, -0.05) is 54.7 Å². The lowest BCUT2D eigenvalue weighted by Crippen LogP contribution is -2.24. The van der Waals surface area contributed by atoms with Gasteiger partial charge in [0.15, 0.2) is 0 Å². The summed E-state index contributed by atoms with van der Waals surface area (Å²) in [5.74, 6) is 0.0715. The van der Waals surface area contributed by atoms with E-state index in [9.17, 15) is 9.59 Å². The Bertz CT molecular complexity index is 1140. The van der Waals surface area contributed by atoms with Gasteiger partial charge in [-0.05, 0) is 49.4 Å². The molecule has 0 amide bonds. The van der Waals surface area contributed by atoms with Crippen molar-refractivity contribution in [2.24, 2.45) is 5.92 Å². The molecule has 150 valence electrons. The van der Waals surface area contributed by atoms with Gasteiger partial charge < -0.3 is 9.15 Å². The van der Waals surface area contributed by atoms with Crippen molar-refractivity contribution in [3.8, 4) is 11.1 Å². The molecule has 0 unspecified atom stereocenters. The second-order valence-corrected chi connectivity index (χ2v) is 8.39. The van der Waals surface area contributed by atoms with Gasteiger partial charge >= 0.3 is 11.6 Å². The number of halogens is 2. The fraction of sp³-hybridized carbons (Fsp3) is 0.304. The van der Waals surface area contributed by atoms with Crippen LogP contribution < -0.4 is 5.63 Å².